The van der Waals surface area contributed by atoms with Crippen molar-refractivity contribution < 1.29 is 33.0 Å². The molecule has 9 heteroatoms. The minimum atomic E-state index is -0.965. The van der Waals surface area contributed by atoms with Crippen LogP contribution < -0.4 is 11.1 Å². The number of benzene rings is 4. The molecule has 0 spiro atoms. The fourth-order valence-electron chi connectivity index (χ4n) is 4.61. The van der Waals surface area contributed by atoms with Crippen molar-refractivity contribution in [3.8, 4) is 23.7 Å². The number of nitrogens with two attached hydrogens (primary N) is 1. The Bertz CT molecular complexity index is 1760. The molecule has 7 nitrogen and oxygen atoms in total. The van der Waals surface area contributed by atoms with E-state index in [0.29, 0.717) is 35.1 Å². The van der Waals surface area contributed by atoms with Crippen molar-refractivity contribution in [2.45, 2.75) is 12.8 Å². The summed E-state index contributed by atoms with van der Waals surface area (Å²) >= 11 is 0. The van der Waals surface area contributed by atoms with Crippen LogP contribution in [0.15, 0.2) is 97.1 Å². The Hall–Kier alpha value is -5.32. The van der Waals surface area contributed by atoms with E-state index in [4.69, 9.17) is 20.3 Å². The lowest BCUT2D eigenvalue weighted by Gasteiger charge is -2.09. The monoisotopic (exact) mass is 664 g/mol. The molecule has 2 atom stereocenters. The molecule has 4 N–H and O–H groups in total. The van der Waals surface area contributed by atoms with Crippen molar-refractivity contribution in [3.63, 3.8) is 0 Å². The number of halogens is 2. The molecule has 2 aliphatic heterocycles. The van der Waals surface area contributed by atoms with Crippen LogP contribution in [0.2, 0.25) is 0 Å². The highest BCUT2D eigenvalue weighted by Gasteiger charge is 2.16. The number of hydrogen-bond donors (Lipinski definition) is 3. The highest BCUT2D eigenvalue weighted by atomic mass is 19.1. The average molecular weight is 665 g/mol. The van der Waals surface area contributed by atoms with Crippen LogP contribution in [-0.4, -0.2) is 56.5 Å². The van der Waals surface area contributed by atoms with E-state index in [2.05, 4.69) is 29.0 Å². The topological polar surface area (TPSA) is 111 Å². The number of nitrogens with one attached hydrogen (secondary N) is 1. The standard InChI is InChI=1S/C20H18FNO2.C15H9FO2.C5H11NO/c21-19-9-5-16(6-10-19)2-1-15-3-7-18(8-4-15)20(23)22-13-17-11-12-24-14-17;16-14-9-5-12(6-10-14)2-1-11-3-7-13(8-4-11)15(17)18;6-3-5-1-2-7-4-5/h3-10,17H,11-14H2,(H,22,23);3-10H,(H,17,18);5H,1-4,6H2. The third-order valence-corrected chi connectivity index (χ3v) is 7.60. The zero-order chi connectivity index (χ0) is 34.8. The van der Waals surface area contributed by atoms with Crippen molar-refractivity contribution in [1.82, 2.24) is 5.32 Å². The van der Waals surface area contributed by atoms with Gasteiger partial charge in [-0.05, 0) is 122 Å². The Morgan fingerprint density at radius 1 is 0.653 bits per heavy atom. The molecule has 49 heavy (non-hydrogen) atoms. The summed E-state index contributed by atoms with van der Waals surface area (Å²) in [5.41, 5.74) is 9.16. The predicted octanol–water partition coefficient (Wildman–Crippen LogP) is 5.90. The molecule has 252 valence electrons. The lowest BCUT2D eigenvalue weighted by atomic mass is 10.1. The Balaban J connectivity index is 0.000000189. The summed E-state index contributed by atoms with van der Waals surface area (Å²) in [6.07, 6.45) is 2.16. The van der Waals surface area contributed by atoms with E-state index in [1.807, 2.05) is 12.1 Å². The van der Waals surface area contributed by atoms with Gasteiger partial charge in [-0.3, -0.25) is 4.79 Å². The molecule has 0 radical (unpaired) electrons. The summed E-state index contributed by atoms with van der Waals surface area (Å²) in [5, 5.41) is 11.7. The number of carboxylic acids is 1. The van der Waals surface area contributed by atoms with Gasteiger partial charge in [0.25, 0.3) is 5.91 Å². The number of rotatable bonds is 5. The minimum Gasteiger partial charge on any atom is -0.478 e. The molecular weight excluding hydrogens is 626 g/mol. The maximum Gasteiger partial charge on any atom is 0.335 e. The summed E-state index contributed by atoms with van der Waals surface area (Å²) in [6.45, 7) is 4.74. The number of hydrogen-bond acceptors (Lipinski definition) is 5. The molecule has 2 saturated heterocycles. The van der Waals surface area contributed by atoms with Gasteiger partial charge in [0.05, 0.1) is 18.8 Å². The molecule has 1 amide bonds. The predicted molar refractivity (Wildman–Crippen MR) is 184 cm³/mol. The van der Waals surface area contributed by atoms with Gasteiger partial charge in [0, 0.05) is 53.5 Å². The van der Waals surface area contributed by atoms with Crippen LogP contribution in [-0.2, 0) is 9.47 Å². The Kier molecular flexibility index (Phi) is 14.5. The summed E-state index contributed by atoms with van der Waals surface area (Å²) in [5.74, 6) is 11.2. The van der Waals surface area contributed by atoms with Crippen LogP contribution in [0.4, 0.5) is 8.78 Å². The largest absolute Gasteiger partial charge is 0.478 e. The Morgan fingerprint density at radius 2 is 1.04 bits per heavy atom. The zero-order valence-electron chi connectivity index (χ0n) is 27.0. The van der Waals surface area contributed by atoms with E-state index in [0.717, 1.165) is 56.9 Å². The van der Waals surface area contributed by atoms with Gasteiger partial charge in [-0.2, -0.15) is 0 Å². The summed E-state index contributed by atoms with van der Waals surface area (Å²) in [6, 6.07) is 25.3. The van der Waals surface area contributed by atoms with Crippen LogP contribution in [0.25, 0.3) is 0 Å². The van der Waals surface area contributed by atoms with Crippen molar-refractivity contribution in [2.24, 2.45) is 17.6 Å². The lowest BCUT2D eigenvalue weighted by molar-refractivity contribution is 0.0696. The third kappa shape index (κ3) is 13.0. The van der Waals surface area contributed by atoms with Crippen LogP contribution in [0, 0.1) is 47.2 Å². The number of ether oxygens (including phenoxy) is 2. The molecule has 0 bridgehead atoms. The quantitative estimate of drug-likeness (QED) is 0.230. The first-order valence-corrected chi connectivity index (χ1v) is 15.9. The minimum absolute atomic E-state index is 0.0834. The number of carboxylic acid groups (broad SMARTS) is 1. The van der Waals surface area contributed by atoms with Gasteiger partial charge in [0.15, 0.2) is 0 Å². The average Bonchev–Trinajstić information content (AvgIpc) is 3.86. The van der Waals surface area contributed by atoms with Crippen LogP contribution in [0.3, 0.4) is 0 Å². The normalized spacial score (nSPS) is 15.9. The lowest BCUT2D eigenvalue weighted by Crippen LogP contribution is -2.29. The maximum absolute atomic E-state index is 12.8. The highest BCUT2D eigenvalue weighted by molar-refractivity contribution is 5.94. The first-order valence-electron chi connectivity index (χ1n) is 15.9. The molecule has 6 rings (SSSR count). The van der Waals surface area contributed by atoms with E-state index in [1.165, 1.54) is 36.4 Å². The van der Waals surface area contributed by atoms with Crippen molar-refractivity contribution in [3.05, 3.63) is 142 Å². The van der Waals surface area contributed by atoms with E-state index >= 15 is 0 Å². The van der Waals surface area contributed by atoms with E-state index in [1.54, 1.807) is 48.5 Å². The second-order valence-corrected chi connectivity index (χ2v) is 11.4. The second kappa shape index (κ2) is 19.5. The van der Waals surface area contributed by atoms with E-state index in [-0.39, 0.29) is 23.1 Å². The van der Waals surface area contributed by atoms with Crippen molar-refractivity contribution >= 4 is 11.9 Å². The van der Waals surface area contributed by atoms with E-state index < -0.39 is 5.97 Å². The molecular formula is C40H38F2N2O5. The molecule has 0 aromatic heterocycles. The first kappa shape index (κ1) is 36.5. The van der Waals surface area contributed by atoms with Crippen molar-refractivity contribution in [2.75, 3.05) is 39.5 Å². The number of carbonyl (C=O) groups excluding carboxylic acids is 1. The van der Waals surface area contributed by atoms with Gasteiger partial charge in [-0.1, -0.05) is 23.7 Å². The summed E-state index contributed by atoms with van der Waals surface area (Å²) < 4.78 is 35.9. The van der Waals surface area contributed by atoms with Gasteiger partial charge in [0.1, 0.15) is 11.6 Å². The zero-order valence-corrected chi connectivity index (χ0v) is 27.0. The van der Waals surface area contributed by atoms with Crippen LogP contribution in [0.5, 0.6) is 0 Å². The molecule has 0 aliphatic carbocycles. The molecule has 4 aromatic carbocycles. The SMILES string of the molecule is NCC1CCOC1.O=C(NCC1CCOC1)c1ccc(C#Cc2ccc(F)cc2)cc1.O=C(O)c1ccc(C#Cc2ccc(F)cc2)cc1. The number of aromatic carboxylic acids is 1. The fraction of sp³-hybridized carbons (Fsp3) is 0.250. The van der Waals surface area contributed by atoms with Crippen molar-refractivity contribution in [1.29, 1.82) is 0 Å². The maximum atomic E-state index is 12.8. The Labute approximate surface area is 285 Å². The molecule has 2 heterocycles. The number of carbonyl (C=O) groups is 2. The second-order valence-electron chi connectivity index (χ2n) is 11.4. The molecule has 2 fully saturated rings. The van der Waals surface area contributed by atoms with Crippen LogP contribution >= 0.6 is 0 Å². The highest BCUT2D eigenvalue weighted by Crippen LogP contribution is 2.12. The molecule has 2 aliphatic rings. The van der Waals surface area contributed by atoms with Gasteiger partial charge < -0.3 is 25.6 Å². The fourth-order valence-corrected chi connectivity index (χ4v) is 4.61. The Morgan fingerprint density at radius 3 is 1.39 bits per heavy atom. The number of amides is 1. The molecule has 4 aromatic rings. The first-order chi connectivity index (χ1) is 23.8. The van der Waals surface area contributed by atoms with Crippen LogP contribution in [0.1, 0.15) is 55.8 Å². The smallest absolute Gasteiger partial charge is 0.335 e. The molecule has 2 unspecified atom stereocenters. The van der Waals surface area contributed by atoms with Gasteiger partial charge in [0.2, 0.25) is 0 Å². The van der Waals surface area contributed by atoms with E-state index in [9.17, 15) is 18.4 Å². The summed E-state index contributed by atoms with van der Waals surface area (Å²) in [7, 11) is 0. The van der Waals surface area contributed by atoms with Gasteiger partial charge in [-0.25, -0.2) is 13.6 Å². The molecule has 0 saturated carbocycles. The summed E-state index contributed by atoms with van der Waals surface area (Å²) in [4.78, 5) is 22.8. The van der Waals surface area contributed by atoms with Gasteiger partial charge in [-0.15, -0.1) is 0 Å². The third-order valence-electron chi connectivity index (χ3n) is 7.60. The van der Waals surface area contributed by atoms with Gasteiger partial charge >= 0.3 is 5.97 Å².